The van der Waals surface area contributed by atoms with Gasteiger partial charge in [-0.05, 0) is 69.4 Å². The Hall–Kier alpha value is -0.0800. The fraction of sp³-hybridized carbons (Fsp3) is 1.00. The first-order chi connectivity index (χ1) is 9.62. The summed E-state index contributed by atoms with van der Waals surface area (Å²) in [7, 11) is 0. The quantitative estimate of drug-likeness (QED) is 0.842. The predicted octanol–water partition coefficient (Wildman–Crippen LogP) is 4.04. The van der Waals surface area contributed by atoms with Crippen molar-refractivity contribution in [3.63, 3.8) is 0 Å². The maximum Gasteiger partial charge on any atom is 0.0357 e. The minimum Gasteiger partial charge on any atom is -0.329 e. The molecule has 0 aromatic heterocycles. The van der Waals surface area contributed by atoms with Crippen molar-refractivity contribution in [1.82, 2.24) is 4.90 Å². The molecule has 0 aromatic carbocycles. The van der Waals surface area contributed by atoms with Crippen LogP contribution in [0.1, 0.15) is 72.1 Å². The predicted molar refractivity (Wildman–Crippen MR) is 87.8 cm³/mol. The van der Waals surface area contributed by atoms with Crippen LogP contribution in [-0.2, 0) is 0 Å². The molecule has 2 heteroatoms. The lowest BCUT2D eigenvalue weighted by Crippen LogP contribution is -2.60. The third kappa shape index (κ3) is 3.39. The van der Waals surface area contributed by atoms with Crippen LogP contribution in [0.25, 0.3) is 0 Å². The van der Waals surface area contributed by atoms with Gasteiger partial charge in [0.1, 0.15) is 0 Å². The topological polar surface area (TPSA) is 29.3 Å². The van der Waals surface area contributed by atoms with Crippen molar-refractivity contribution in [3.8, 4) is 0 Å². The van der Waals surface area contributed by atoms with E-state index in [2.05, 4.69) is 25.7 Å². The van der Waals surface area contributed by atoms with Gasteiger partial charge in [0.05, 0.1) is 0 Å². The molecule has 4 atom stereocenters. The zero-order chi connectivity index (χ0) is 14.6. The SMILES string of the molecule is CCCC1CCCN(C2(CN)CCC(C)CC2C)CC1. The molecule has 1 aliphatic carbocycles. The van der Waals surface area contributed by atoms with Gasteiger partial charge in [0.15, 0.2) is 0 Å². The summed E-state index contributed by atoms with van der Waals surface area (Å²) in [6, 6.07) is 0. The Bertz CT molecular complexity index is 291. The number of hydrogen-bond donors (Lipinski definition) is 1. The molecule has 1 heterocycles. The van der Waals surface area contributed by atoms with Gasteiger partial charge in [0.25, 0.3) is 0 Å². The lowest BCUT2D eigenvalue weighted by Gasteiger charge is -2.51. The molecule has 118 valence electrons. The summed E-state index contributed by atoms with van der Waals surface area (Å²) in [5.41, 5.74) is 6.62. The summed E-state index contributed by atoms with van der Waals surface area (Å²) < 4.78 is 0. The molecular weight excluding hydrogens is 244 g/mol. The van der Waals surface area contributed by atoms with Crippen molar-refractivity contribution < 1.29 is 0 Å². The van der Waals surface area contributed by atoms with Gasteiger partial charge < -0.3 is 5.73 Å². The minimum atomic E-state index is 0.313. The second kappa shape index (κ2) is 7.26. The van der Waals surface area contributed by atoms with Crippen LogP contribution in [-0.4, -0.2) is 30.1 Å². The fourth-order valence-electron chi connectivity index (χ4n) is 4.89. The lowest BCUT2D eigenvalue weighted by molar-refractivity contribution is 0.00124. The Morgan fingerprint density at radius 3 is 2.60 bits per heavy atom. The molecule has 1 aliphatic heterocycles. The Morgan fingerprint density at radius 1 is 1.15 bits per heavy atom. The lowest BCUT2D eigenvalue weighted by atomic mass is 9.69. The van der Waals surface area contributed by atoms with E-state index in [9.17, 15) is 0 Å². The summed E-state index contributed by atoms with van der Waals surface area (Å²) in [5.74, 6) is 2.63. The van der Waals surface area contributed by atoms with Crippen LogP contribution < -0.4 is 5.73 Å². The number of hydrogen-bond acceptors (Lipinski definition) is 2. The van der Waals surface area contributed by atoms with Gasteiger partial charge in [-0.3, -0.25) is 4.90 Å². The molecule has 0 spiro atoms. The van der Waals surface area contributed by atoms with Gasteiger partial charge in [-0.15, -0.1) is 0 Å². The van der Waals surface area contributed by atoms with Gasteiger partial charge in [-0.1, -0.05) is 33.6 Å². The second-order valence-electron chi connectivity index (χ2n) is 7.66. The zero-order valence-electron chi connectivity index (χ0n) is 14.0. The number of nitrogens with two attached hydrogens (primary N) is 1. The maximum absolute atomic E-state index is 6.31. The summed E-state index contributed by atoms with van der Waals surface area (Å²) in [4.78, 5) is 2.80. The Balaban J connectivity index is 2.03. The van der Waals surface area contributed by atoms with Crippen molar-refractivity contribution in [2.45, 2.75) is 77.7 Å². The molecule has 0 aromatic rings. The highest BCUT2D eigenvalue weighted by molar-refractivity contribution is 5.00. The van der Waals surface area contributed by atoms with Crippen LogP contribution in [0.5, 0.6) is 0 Å². The van der Waals surface area contributed by atoms with Crippen molar-refractivity contribution >= 4 is 0 Å². The Morgan fingerprint density at radius 2 is 1.95 bits per heavy atom. The number of nitrogens with zero attached hydrogens (tertiary/aromatic N) is 1. The first-order valence-electron chi connectivity index (χ1n) is 9.07. The largest absolute Gasteiger partial charge is 0.329 e. The maximum atomic E-state index is 6.31. The van der Waals surface area contributed by atoms with Crippen LogP contribution in [0, 0.1) is 17.8 Å². The monoisotopic (exact) mass is 280 g/mol. The normalized spacial score (nSPS) is 40.5. The Labute approximate surface area is 126 Å². The number of rotatable bonds is 4. The van der Waals surface area contributed by atoms with Gasteiger partial charge in [-0.25, -0.2) is 0 Å². The average molecular weight is 281 g/mol. The molecule has 0 amide bonds. The average Bonchev–Trinajstić information content (AvgIpc) is 2.66. The molecule has 20 heavy (non-hydrogen) atoms. The summed E-state index contributed by atoms with van der Waals surface area (Å²) >= 11 is 0. The van der Waals surface area contributed by atoms with Gasteiger partial charge in [0.2, 0.25) is 0 Å². The van der Waals surface area contributed by atoms with E-state index in [-0.39, 0.29) is 0 Å². The molecule has 2 nitrogen and oxygen atoms in total. The standard InChI is InChI=1S/C18H36N2/c1-4-6-17-7-5-11-20(12-9-17)18(14-19)10-8-15(2)13-16(18)3/h15-17H,4-14,19H2,1-3H3. The molecule has 0 bridgehead atoms. The van der Waals surface area contributed by atoms with Crippen molar-refractivity contribution in [1.29, 1.82) is 0 Å². The van der Waals surface area contributed by atoms with E-state index in [0.717, 1.165) is 24.3 Å². The summed E-state index contributed by atoms with van der Waals surface area (Å²) in [6.07, 6.45) is 11.1. The van der Waals surface area contributed by atoms with E-state index in [4.69, 9.17) is 5.73 Å². The Kier molecular flexibility index (Phi) is 5.92. The van der Waals surface area contributed by atoms with E-state index in [1.807, 2.05) is 0 Å². The highest BCUT2D eigenvalue weighted by Crippen LogP contribution is 2.41. The smallest absolute Gasteiger partial charge is 0.0357 e. The van der Waals surface area contributed by atoms with E-state index < -0.39 is 0 Å². The third-order valence-electron chi connectivity index (χ3n) is 6.27. The molecule has 2 rings (SSSR count). The van der Waals surface area contributed by atoms with Gasteiger partial charge >= 0.3 is 0 Å². The van der Waals surface area contributed by atoms with E-state index in [1.54, 1.807) is 0 Å². The summed E-state index contributed by atoms with van der Waals surface area (Å²) in [5, 5.41) is 0. The molecule has 4 unspecified atom stereocenters. The second-order valence-corrected chi connectivity index (χ2v) is 7.66. The first kappa shape index (κ1) is 16.3. The first-order valence-corrected chi connectivity index (χ1v) is 9.07. The van der Waals surface area contributed by atoms with Crippen LogP contribution in [0.15, 0.2) is 0 Å². The molecule has 2 aliphatic rings. The van der Waals surface area contributed by atoms with Crippen LogP contribution in [0.3, 0.4) is 0 Å². The molecule has 2 fully saturated rings. The molecule has 0 radical (unpaired) electrons. The highest BCUT2D eigenvalue weighted by atomic mass is 15.2. The third-order valence-corrected chi connectivity index (χ3v) is 6.27. The van der Waals surface area contributed by atoms with Crippen molar-refractivity contribution in [2.75, 3.05) is 19.6 Å². The summed E-state index contributed by atoms with van der Waals surface area (Å²) in [6.45, 7) is 10.6. The van der Waals surface area contributed by atoms with Crippen LogP contribution in [0.2, 0.25) is 0 Å². The van der Waals surface area contributed by atoms with E-state index >= 15 is 0 Å². The highest BCUT2D eigenvalue weighted by Gasteiger charge is 2.43. The molecule has 1 saturated carbocycles. The van der Waals surface area contributed by atoms with E-state index in [1.165, 1.54) is 64.5 Å². The van der Waals surface area contributed by atoms with Crippen LogP contribution in [0.4, 0.5) is 0 Å². The molecule has 1 saturated heterocycles. The number of likely N-dealkylation sites (tertiary alicyclic amines) is 1. The van der Waals surface area contributed by atoms with Crippen LogP contribution >= 0.6 is 0 Å². The van der Waals surface area contributed by atoms with Gasteiger partial charge in [0, 0.05) is 12.1 Å². The van der Waals surface area contributed by atoms with Gasteiger partial charge in [-0.2, -0.15) is 0 Å². The molecular formula is C18H36N2. The zero-order valence-corrected chi connectivity index (χ0v) is 14.0. The molecule has 2 N–H and O–H groups in total. The van der Waals surface area contributed by atoms with Crippen molar-refractivity contribution in [3.05, 3.63) is 0 Å². The van der Waals surface area contributed by atoms with E-state index in [0.29, 0.717) is 5.54 Å². The fourth-order valence-corrected chi connectivity index (χ4v) is 4.89. The minimum absolute atomic E-state index is 0.313. The van der Waals surface area contributed by atoms with Crippen molar-refractivity contribution in [2.24, 2.45) is 23.5 Å².